The molecule has 0 saturated carbocycles. The molecule has 0 spiro atoms. The Morgan fingerprint density at radius 2 is 1.43 bits per heavy atom. The molecule has 2 N–H and O–H groups in total. The number of benzene rings is 2. The minimum Gasteiger partial charge on any atom is -0.340 e. The van der Waals surface area contributed by atoms with E-state index < -0.39 is 0 Å². The Morgan fingerprint density at radius 1 is 0.739 bits per heavy atom. The van der Waals surface area contributed by atoms with E-state index in [1.807, 2.05) is 43.3 Å². The lowest BCUT2D eigenvalue weighted by Crippen LogP contribution is -2.02. The van der Waals surface area contributed by atoms with Gasteiger partial charge in [0.05, 0.1) is 0 Å². The van der Waals surface area contributed by atoms with Gasteiger partial charge in [-0.25, -0.2) is 9.97 Å². The minimum atomic E-state index is 0.721. The van der Waals surface area contributed by atoms with Gasteiger partial charge in [-0.1, -0.05) is 30.3 Å². The van der Waals surface area contributed by atoms with Crippen molar-refractivity contribution in [3.63, 3.8) is 0 Å². The zero-order valence-electron chi connectivity index (χ0n) is 13.6. The zero-order valence-corrected chi connectivity index (χ0v) is 13.6. The lowest BCUT2D eigenvalue weighted by molar-refractivity contribution is 1.06. The molecule has 0 saturated heterocycles. The fourth-order valence-electron chi connectivity index (χ4n) is 2.37. The van der Waals surface area contributed by atoms with Gasteiger partial charge >= 0.3 is 0 Å². The van der Waals surface area contributed by atoms with E-state index in [2.05, 4.69) is 52.6 Å². The molecule has 116 valence electrons. The van der Waals surface area contributed by atoms with Crippen molar-refractivity contribution in [2.45, 2.75) is 20.8 Å². The number of aromatic nitrogens is 2. The average molecular weight is 304 g/mol. The molecule has 0 bridgehead atoms. The average Bonchev–Trinajstić information content (AvgIpc) is 2.51. The van der Waals surface area contributed by atoms with Crippen molar-refractivity contribution in [1.82, 2.24) is 9.97 Å². The second-order valence-corrected chi connectivity index (χ2v) is 5.62. The van der Waals surface area contributed by atoms with Crippen molar-refractivity contribution in [1.29, 1.82) is 0 Å². The Bertz CT molecular complexity index is 813. The molecule has 3 rings (SSSR count). The lowest BCUT2D eigenvalue weighted by atomic mass is 10.1. The summed E-state index contributed by atoms with van der Waals surface area (Å²) in [5.41, 5.74) is 4.47. The summed E-state index contributed by atoms with van der Waals surface area (Å²) >= 11 is 0. The van der Waals surface area contributed by atoms with Crippen molar-refractivity contribution in [3.05, 3.63) is 71.5 Å². The number of para-hydroxylation sites is 1. The molecule has 0 atom stereocenters. The predicted molar refractivity (Wildman–Crippen MR) is 95.7 cm³/mol. The van der Waals surface area contributed by atoms with Crippen molar-refractivity contribution >= 4 is 23.0 Å². The lowest BCUT2D eigenvalue weighted by Gasteiger charge is -2.12. The van der Waals surface area contributed by atoms with E-state index in [9.17, 15) is 0 Å². The molecule has 0 unspecified atom stereocenters. The molecule has 4 nitrogen and oxygen atoms in total. The summed E-state index contributed by atoms with van der Waals surface area (Å²) in [6.45, 7) is 6.06. The minimum absolute atomic E-state index is 0.721. The van der Waals surface area contributed by atoms with Crippen LogP contribution in [0.25, 0.3) is 0 Å². The van der Waals surface area contributed by atoms with Gasteiger partial charge in [-0.3, -0.25) is 0 Å². The van der Waals surface area contributed by atoms with E-state index in [1.165, 1.54) is 11.1 Å². The molecule has 2 aromatic carbocycles. The first-order chi connectivity index (χ1) is 11.1. The van der Waals surface area contributed by atoms with Crippen LogP contribution in [0.4, 0.5) is 23.0 Å². The first kappa shape index (κ1) is 15.0. The zero-order chi connectivity index (χ0) is 16.2. The van der Waals surface area contributed by atoms with Gasteiger partial charge in [0.1, 0.15) is 17.5 Å². The SMILES string of the molecule is Cc1ccc(C)c(Nc2cc(Nc3ccccc3)nc(C)n2)c1. The van der Waals surface area contributed by atoms with Gasteiger partial charge in [0.25, 0.3) is 0 Å². The topological polar surface area (TPSA) is 49.8 Å². The Kier molecular flexibility index (Phi) is 4.24. The van der Waals surface area contributed by atoms with Crippen LogP contribution in [0.1, 0.15) is 17.0 Å². The van der Waals surface area contributed by atoms with Gasteiger partial charge in [-0.2, -0.15) is 0 Å². The molecule has 3 aromatic rings. The number of hydrogen-bond acceptors (Lipinski definition) is 4. The predicted octanol–water partition coefficient (Wildman–Crippen LogP) is 4.89. The fraction of sp³-hybridized carbons (Fsp3) is 0.158. The molecule has 4 heteroatoms. The second kappa shape index (κ2) is 6.48. The van der Waals surface area contributed by atoms with Crippen molar-refractivity contribution < 1.29 is 0 Å². The third kappa shape index (κ3) is 3.86. The molecule has 1 aromatic heterocycles. The maximum Gasteiger partial charge on any atom is 0.136 e. The molecular formula is C19H20N4. The Hall–Kier alpha value is -2.88. The molecule has 0 aliphatic heterocycles. The molecule has 0 aliphatic rings. The highest BCUT2D eigenvalue weighted by Gasteiger charge is 2.05. The summed E-state index contributed by atoms with van der Waals surface area (Å²) in [6.07, 6.45) is 0. The largest absolute Gasteiger partial charge is 0.340 e. The smallest absolute Gasteiger partial charge is 0.136 e. The van der Waals surface area contributed by atoms with E-state index in [-0.39, 0.29) is 0 Å². The maximum atomic E-state index is 4.48. The summed E-state index contributed by atoms with van der Waals surface area (Å²) < 4.78 is 0. The van der Waals surface area contributed by atoms with Crippen molar-refractivity contribution in [2.24, 2.45) is 0 Å². The highest BCUT2D eigenvalue weighted by Crippen LogP contribution is 2.23. The summed E-state index contributed by atoms with van der Waals surface area (Å²) in [5, 5.41) is 6.69. The quantitative estimate of drug-likeness (QED) is 0.720. The van der Waals surface area contributed by atoms with E-state index in [4.69, 9.17) is 0 Å². The van der Waals surface area contributed by atoms with Crippen LogP contribution in [0.3, 0.4) is 0 Å². The third-order valence-electron chi connectivity index (χ3n) is 3.54. The van der Waals surface area contributed by atoms with Crippen LogP contribution in [-0.2, 0) is 0 Å². The van der Waals surface area contributed by atoms with Gasteiger partial charge in [0, 0.05) is 17.4 Å². The molecule has 1 heterocycles. The number of anilines is 4. The van der Waals surface area contributed by atoms with E-state index >= 15 is 0 Å². The van der Waals surface area contributed by atoms with Crippen LogP contribution < -0.4 is 10.6 Å². The molecule has 0 fully saturated rings. The Labute approximate surface area is 136 Å². The molecule has 23 heavy (non-hydrogen) atoms. The number of rotatable bonds is 4. The van der Waals surface area contributed by atoms with Crippen LogP contribution in [0, 0.1) is 20.8 Å². The van der Waals surface area contributed by atoms with Crippen molar-refractivity contribution in [2.75, 3.05) is 10.6 Å². The van der Waals surface area contributed by atoms with E-state index in [0.717, 1.165) is 28.8 Å². The van der Waals surface area contributed by atoms with E-state index in [1.54, 1.807) is 0 Å². The molecule has 0 aliphatic carbocycles. The van der Waals surface area contributed by atoms with E-state index in [0.29, 0.717) is 0 Å². The van der Waals surface area contributed by atoms with Crippen LogP contribution in [0.2, 0.25) is 0 Å². The summed E-state index contributed by atoms with van der Waals surface area (Å²) in [4.78, 5) is 8.93. The van der Waals surface area contributed by atoms with Crippen LogP contribution in [0.5, 0.6) is 0 Å². The number of nitrogens with zero attached hydrogens (tertiary/aromatic N) is 2. The fourth-order valence-corrected chi connectivity index (χ4v) is 2.37. The Balaban J connectivity index is 1.87. The molecule has 0 radical (unpaired) electrons. The number of hydrogen-bond donors (Lipinski definition) is 2. The number of nitrogens with one attached hydrogen (secondary N) is 2. The molecule has 0 amide bonds. The first-order valence-electron chi connectivity index (χ1n) is 7.62. The standard InChI is InChI=1S/C19H20N4/c1-13-9-10-14(2)17(11-13)23-19-12-18(20-15(3)21-19)22-16-7-5-4-6-8-16/h4-12H,1-3H3,(H2,20,21,22,23). The normalized spacial score (nSPS) is 10.4. The third-order valence-corrected chi connectivity index (χ3v) is 3.54. The van der Waals surface area contributed by atoms with Gasteiger partial charge in [-0.15, -0.1) is 0 Å². The van der Waals surface area contributed by atoms with Gasteiger partial charge in [0.2, 0.25) is 0 Å². The van der Waals surface area contributed by atoms with Crippen LogP contribution >= 0.6 is 0 Å². The maximum absolute atomic E-state index is 4.48. The number of aryl methyl sites for hydroxylation is 3. The summed E-state index contributed by atoms with van der Waals surface area (Å²) in [7, 11) is 0. The van der Waals surface area contributed by atoms with Gasteiger partial charge < -0.3 is 10.6 Å². The Morgan fingerprint density at radius 3 is 2.17 bits per heavy atom. The van der Waals surface area contributed by atoms with Crippen LogP contribution in [0.15, 0.2) is 54.6 Å². The second-order valence-electron chi connectivity index (χ2n) is 5.62. The van der Waals surface area contributed by atoms with Crippen molar-refractivity contribution in [3.8, 4) is 0 Å². The highest BCUT2D eigenvalue weighted by atomic mass is 15.1. The summed E-state index contributed by atoms with van der Waals surface area (Å²) in [6, 6.07) is 18.2. The van der Waals surface area contributed by atoms with Crippen LogP contribution in [-0.4, -0.2) is 9.97 Å². The molecular weight excluding hydrogens is 284 g/mol. The van der Waals surface area contributed by atoms with Gasteiger partial charge in [-0.05, 0) is 50.1 Å². The first-order valence-corrected chi connectivity index (χ1v) is 7.62. The monoisotopic (exact) mass is 304 g/mol. The summed E-state index contributed by atoms with van der Waals surface area (Å²) in [5.74, 6) is 2.28. The highest BCUT2D eigenvalue weighted by molar-refractivity contribution is 5.65. The van der Waals surface area contributed by atoms with Gasteiger partial charge in [0.15, 0.2) is 0 Å².